The Morgan fingerprint density at radius 2 is 2.21 bits per heavy atom. The minimum atomic E-state index is 0.0375. The highest BCUT2D eigenvalue weighted by Crippen LogP contribution is 2.36. The zero-order valence-electron chi connectivity index (χ0n) is 11.5. The highest BCUT2D eigenvalue weighted by atomic mass is 32.1. The van der Waals surface area contributed by atoms with Gasteiger partial charge in [0.2, 0.25) is 0 Å². The molecule has 1 fully saturated rings. The summed E-state index contributed by atoms with van der Waals surface area (Å²) in [7, 11) is 0. The first-order valence-corrected chi connectivity index (χ1v) is 7.83. The summed E-state index contributed by atoms with van der Waals surface area (Å²) >= 11 is 1.59. The number of thiophene rings is 1. The van der Waals surface area contributed by atoms with E-state index < -0.39 is 0 Å². The van der Waals surface area contributed by atoms with Crippen LogP contribution in [-0.4, -0.2) is 29.4 Å². The fourth-order valence-electron chi connectivity index (χ4n) is 2.62. The van der Waals surface area contributed by atoms with Crippen molar-refractivity contribution in [2.24, 2.45) is 0 Å². The van der Waals surface area contributed by atoms with Gasteiger partial charge < -0.3 is 11.1 Å². The fourth-order valence-corrected chi connectivity index (χ4v) is 3.76. The van der Waals surface area contributed by atoms with Crippen LogP contribution in [0, 0.1) is 0 Å². The molecule has 0 bridgehead atoms. The molecule has 0 radical (unpaired) electrons. The number of carbonyl (C=O) groups is 1. The summed E-state index contributed by atoms with van der Waals surface area (Å²) in [5, 5.41) is 3.74. The Kier molecular flexibility index (Phi) is 3.27. The van der Waals surface area contributed by atoms with Gasteiger partial charge in [0.1, 0.15) is 0 Å². The van der Waals surface area contributed by atoms with Crippen molar-refractivity contribution in [2.75, 3.05) is 12.3 Å². The average molecular weight is 279 g/mol. The Bertz CT molecular complexity index is 505. The molecule has 104 valence electrons. The molecule has 1 aliphatic carbocycles. The third-order valence-corrected chi connectivity index (χ3v) is 5.03. The van der Waals surface area contributed by atoms with E-state index in [1.807, 2.05) is 0 Å². The zero-order valence-corrected chi connectivity index (χ0v) is 12.3. The van der Waals surface area contributed by atoms with Gasteiger partial charge in [-0.1, -0.05) is 0 Å². The van der Waals surface area contributed by atoms with Crippen molar-refractivity contribution in [2.45, 2.75) is 51.7 Å². The van der Waals surface area contributed by atoms with E-state index in [1.165, 1.54) is 10.4 Å². The summed E-state index contributed by atoms with van der Waals surface area (Å²) in [5.41, 5.74) is 8.03. The molecular formula is C14H21N3OS. The van der Waals surface area contributed by atoms with Crippen molar-refractivity contribution in [1.82, 2.24) is 10.2 Å². The van der Waals surface area contributed by atoms with Crippen LogP contribution >= 0.6 is 11.3 Å². The summed E-state index contributed by atoms with van der Waals surface area (Å²) in [6.07, 6.45) is 3.16. The Hall–Kier alpha value is -1.07. The third kappa shape index (κ3) is 2.49. The molecular weight excluding hydrogens is 258 g/mol. The first-order chi connectivity index (χ1) is 9.06. The molecule has 4 nitrogen and oxygen atoms in total. The van der Waals surface area contributed by atoms with Gasteiger partial charge in [0, 0.05) is 30.1 Å². The lowest BCUT2D eigenvalue weighted by Crippen LogP contribution is -2.36. The molecule has 3 N–H and O–H groups in total. The predicted molar refractivity (Wildman–Crippen MR) is 78.5 cm³/mol. The molecule has 3 rings (SSSR count). The number of amides is 1. The standard InChI is InChI=1S/C14H21N3OS/c1-8(2)17-6-5-10-11(7-17)19-13(15)12(10)14(18)16-9-3-4-9/h8-9H,3-7,15H2,1-2H3,(H,16,18). The fraction of sp³-hybridized carbons (Fsp3) is 0.643. The van der Waals surface area contributed by atoms with E-state index in [2.05, 4.69) is 24.1 Å². The Balaban J connectivity index is 1.84. The summed E-state index contributed by atoms with van der Waals surface area (Å²) in [5.74, 6) is 0.0375. The first-order valence-electron chi connectivity index (χ1n) is 7.01. The predicted octanol–water partition coefficient (Wildman–Crippen LogP) is 1.99. The molecule has 19 heavy (non-hydrogen) atoms. The van der Waals surface area contributed by atoms with E-state index in [1.54, 1.807) is 11.3 Å². The lowest BCUT2D eigenvalue weighted by molar-refractivity contribution is 0.0950. The summed E-state index contributed by atoms with van der Waals surface area (Å²) in [6, 6.07) is 0.929. The van der Waals surface area contributed by atoms with Crippen LogP contribution in [0.15, 0.2) is 0 Å². The van der Waals surface area contributed by atoms with Crippen molar-refractivity contribution in [3.8, 4) is 0 Å². The van der Waals surface area contributed by atoms with Crippen molar-refractivity contribution < 1.29 is 4.79 Å². The SMILES string of the molecule is CC(C)N1CCc2c(sc(N)c2C(=O)NC2CC2)C1. The van der Waals surface area contributed by atoms with Crippen LogP contribution in [-0.2, 0) is 13.0 Å². The maximum Gasteiger partial charge on any atom is 0.254 e. The van der Waals surface area contributed by atoms with E-state index >= 15 is 0 Å². The molecule has 0 unspecified atom stereocenters. The van der Waals surface area contributed by atoms with Gasteiger partial charge in [0.25, 0.3) is 5.91 Å². The van der Waals surface area contributed by atoms with Gasteiger partial charge in [-0.15, -0.1) is 11.3 Å². The third-order valence-electron chi connectivity index (χ3n) is 3.98. The highest BCUT2D eigenvalue weighted by Gasteiger charge is 2.30. The van der Waals surface area contributed by atoms with Gasteiger partial charge >= 0.3 is 0 Å². The summed E-state index contributed by atoms with van der Waals surface area (Å²) in [4.78, 5) is 16.0. The molecule has 0 aromatic carbocycles. The minimum Gasteiger partial charge on any atom is -0.390 e. The highest BCUT2D eigenvalue weighted by molar-refractivity contribution is 7.16. The van der Waals surface area contributed by atoms with E-state index in [0.717, 1.165) is 37.9 Å². The molecule has 1 amide bonds. The van der Waals surface area contributed by atoms with Crippen LogP contribution in [0.3, 0.4) is 0 Å². The van der Waals surface area contributed by atoms with Crippen molar-refractivity contribution in [1.29, 1.82) is 0 Å². The first kappa shape index (κ1) is 12.9. The second-order valence-electron chi connectivity index (χ2n) is 5.81. The van der Waals surface area contributed by atoms with Crippen LogP contribution in [0.25, 0.3) is 0 Å². The minimum absolute atomic E-state index is 0.0375. The largest absolute Gasteiger partial charge is 0.390 e. The van der Waals surface area contributed by atoms with Crippen LogP contribution in [0.1, 0.15) is 47.5 Å². The monoisotopic (exact) mass is 279 g/mol. The summed E-state index contributed by atoms with van der Waals surface area (Å²) < 4.78 is 0. The molecule has 0 saturated heterocycles. The van der Waals surface area contributed by atoms with Gasteiger partial charge in [-0.3, -0.25) is 9.69 Å². The maximum atomic E-state index is 12.3. The van der Waals surface area contributed by atoms with Gasteiger partial charge in [-0.05, 0) is 38.7 Å². The van der Waals surface area contributed by atoms with E-state index in [0.29, 0.717) is 17.1 Å². The number of hydrogen-bond acceptors (Lipinski definition) is 4. The van der Waals surface area contributed by atoms with Crippen molar-refractivity contribution >= 4 is 22.2 Å². The van der Waals surface area contributed by atoms with Crippen LogP contribution in [0.5, 0.6) is 0 Å². The molecule has 1 aliphatic heterocycles. The Morgan fingerprint density at radius 1 is 1.47 bits per heavy atom. The van der Waals surface area contributed by atoms with Gasteiger partial charge in [-0.25, -0.2) is 0 Å². The van der Waals surface area contributed by atoms with Crippen molar-refractivity contribution in [3.05, 3.63) is 16.0 Å². The maximum absolute atomic E-state index is 12.3. The number of nitrogens with two attached hydrogens (primary N) is 1. The van der Waals surface area contributed by atoms with Gasteiger partial charge in [-0.2, -0.15) is 0 Å². The lowest BCUT2D eigenvalue weighted by atomic mass is 10.0. The van der Waals surface area contributed by atoms with Crippen LogP contribution < -0.4 is 11.1 Å². The number of nitrogens with one attached hydrogen (secondary N) is 1. The number of hydrogen-bond donors (Lipinski definition) is 2. The van der Waals surface area contributed by atoms with E-state index in [4.69, 9.17) is 5.73 Å². The average Bonchev–Trinajstić information content (AvgIpc) is 3.08. The van der Waals surface area contributed by atoms with Crippen LogP contribution in [0.4, 0.5) is 5.00 Å². The molecule has 1 aromatic heterocycles. The number of nitrogens with zero attached hydrogens (tertiary/aromatic N) is 1. The van der Waals surface area contributed by atoms with E-state index in [9.17, 15) is 4.79 Å². The molecule has 2 heterocycles. The van der Waals surface area contributed by atoms with Crippen LogP contribution in [0.2, 0.25) is 0 Å². The second kappa shape index (κ2) is 4.80. The lowest BCUT2D eigenvalue weighted by Gasteiger charge is -2.30. The van der Waals surface area contributed by atoms with Gasteiger partial charge in [0.05, 0.1) is 10.6 Å². The molecule has 1 saturated carbocycles. The zero-order chi connectivity index (χ0) is 13.6. The molecule has 1 aromatic rings. The topological polar surface area (TPSA) is 58.4 Å². The number of rotatable bonds is 3. The molecule has 0 atom stereocenters. The molecule has 0 spiro atoms. The number of nitrogen functional groups attached to an aromatic ring is 1. The van der Waals surface area contributed by atoms with Gasteiger partial charge in [0.15, 0.2) is 0 Å². The molecule has 5 heteroatoms. The molecule has 2 aliphatic rings. The second-order valence-corrected chi connectivity index (χ2v) is 6.94. The number of carbonyl (C=O) groups excluding carboxylic acids is 1. The Morgan fingerprint density at radius 3 is 2.84 bits per heavy atom. The summed E-state index contributed by atoms with van der Waals surface area (Å²) in [6.45, 7) is 6.37. The normalized spacial score (nSPS) is 19.5. The smallest absolute Gasteiger partial charge is 0.254 e. The van der Waals surface area contributed by atoms with Crippen molar-refractivity contribution in [3.63, 3.8) is 0 Å². The van der Waals surface area contributed by atoms with E-state index in [-0.39, 0.29) is 5.91 Å². The number of anilines is 1. The Labute approximate surface area is 118 Å². The number of fused-ring (bicyclic) bond motifs is 1. The quantitative estimate of drug-likeness (QED) is 0.889.